The van der Waals surface area contributed by atoms with Gasteiger partial charge in [-0.2, -0.15) is 4.98 Å². The second-order valence-electron chi connectivity index (χ2n) is 7.47. The zero-order valence-electron chi connectivity index (χ0n) is 16.7. The Hall–Kier alpha value is -3.46. The average Bonchev–Trinajstić information content (AvgIpc) is 3.50. The van der Waals surface area contributed by atoms with Crippen LogP contribution in [0.15, 0.2) is 58.8 Å². The molecule has 9 heteroatoms. The molecule has 1 fully saturated rings. The number of nitrogens with zero attached hydrogens (tertiary/aromatic N) is 6. The van der Waals surface area contributed by atoms with E-state index in [-0.39, 0.29) is 11.8 Å². The van der Waals surface area contributed by atoms with Crippen LogP contribution in [0, 0.1) is 5.92 Å². The van der Waals surface area contributed by atoms with Crippen molar-refractivity contribution in [3.63, 3.8) is 0 Å². The van der Waals surface area contributed by atoms with Crippen molar-refractivity contribution in [3.05, 3.63) is 65.9 Å². The van der Waals surface area contributed by atoms with E-state index < -0.39 is 0 Å². The number of rotatable bonds is 5. The molecule has 0 spiro atoms. The molecule has 8 nitrogen and oxygen atoms in total. The van der Waals surface area contributed by atoms with E-state index in [1.165, 1.54) is 11.3 Å². The zero-order chi connectivity index (χ0) is 21.0. The summed E-state index contributed by atoms with van der Waals surface area (Å²) in [7, 11) is 0. The Kier molecular flexibility index (Phi) is 5.49. The van der Waals surface area contributed by atoms with Crippen LogP contribution in [-0.2, 0) is 6.42 Å². The standard InChI is InChI=1S/C22H20N6O2S/c29-22(18-14-31-21(25-18)16-6-2-1-3-7-16)28-10-4-5-15(13-28)11-19-26-20(27-30-19)17-12-23-8-9-24-17/h1-3,6-9,12,14-15H,4-5,10-11,13H2/t15-/m0/s1. The van der Waals surface area contributed by atoms with E-state index in [9.17, 15) is 4.79 Å². The fourth-order valence-electron chi connectivity index (χ4n) is 3.77. The molecule has 4 heterocycles. The second kappa shape index (κ2) is 8.73. The molecule has 0 radical (unpaired) electrons. The number of amides is 1. The van der Waals surface area contributed by atoms with Crippen molar-refractivity contribution in [1.29, 1.82) is 0 Å². The summed E-state index contributed by atoms with van der Waals surface area (Å²) < 4.78 is 5.41. The summed E-state index contributed by atoms with van der Waals surface area (Å²) in [5.41, 5.74) is 2.11. The number of aromatic nitrogens is 5. The molecule has 4 aromatic rings. The van der Waals surface area contributed by atoms with E-state index >= 15 is 0 Å². The molecule has 0 N–H and O–H groups in total. The fourth-order valence-corrected chi connectivity index (χ4v) is 4.57. The van der Waals surface area contributed by atoms with Gasteiger partial charge in [-0.15, -0.1) is 11.3 Å². The summed E-state index contributed by atoms with van der Waals surface area (Å²) in [6.45, 7) is 1.39. The van der Waals surface area contributed by atoms with Gasteiger partial charge in [0.05, 0.1) is 6.20 Å². The van der Waals surface area contributed by atoms with Gasteiger partial charge in [-0.25, -0.2) is 9.97 Å². The lowest BCUT2D eigenvalue weighted by Crippen LogP contribution is -2.40. The Morgan fingerprint density at radius 2 is 2.10 bits per heavy atom. The molecule has 1 aliphatic rings. The minimum Gasteiger partial charge on any atom is -0.339 e. The largest absolute Gasteiger partial charge is 0.339 e. The van der Waals surface area contributed by atoms with E-state index in [2.05, 4.69) is 25.1 Å². The number of likely N-dealkylation sites (tertiary alicyclic amines) is 1. The Labute approximate surface area is 183 Å². The minimum absolute atomic E-state index is 0.0195. The smallest absolute Gasteiger partial charge is 0.273 e. The molecule has 0 aliphatic carbocycles. The number of benzene rings is 1. The van der Waals surface area contributed by atoms with Crippen molar-refractivity contribution in [1.82, 2.24) is 30.0 Å². The summed E-state index contributed by atoms with van der Waals surface area (Å²) in [5, 5.41) is 6.72. The summed E-state index contributed by atoms with van der Waals surface area (Å²) in [5.74, 6) is 1.23. The normalized spacial score (nSPS) is 16.4. The first-order chi connectivity index (χ1) is 15.3. The summed E-state index contributed by atoms with van der Waals surface area (Å²) in [6.07, 6.45) is 7.38. The topological polar surface area (TPSA) is 97.9 Å². The quantitative estimate of drug-likeness (QED) is 0.474. The third-order valence-corrected chi connectivity index (χ3v) is 6.17. The number of thiazole rings is 1. The number of carbonyl (C=O) groups is 1. The van der Waals surface area contributed by atoms with Crippen LogP contribution in [0.3, 0.4) is 0 Å². The van der Waals surface area contributed by atoms with Gasteiger partial charge >= 0.3 is 0 Å². The molecule has 31 heavy (non-hydrogen) atoms. The molecule has 0 saturated carbocycles. The van der Waals surface area contributed by atoms with Crippen LogP contribution in [-0.4, -0.2) is 49.0 Å². The van der Waals surface area contributed by atoms with Gasteiger partial charge in [0.2, 0.25) is 11.7 Å². The van der Waals surface area contributed by atoms with E-state index in [0.717, 1.165) is 30.0 Å². The van der Waals surface area contributed by atoms with Crippen molar-refractivity contribution in [2.45, 2.75) is 19.3 Å². The molecule has 3 aromatic heterocycles. The van der Waals surface area contributed by atoms with Crippen molar-refractivity contribution in [3.8, 4) is 22.1 Å². The number of hydrogen-bond donors (Lipinski definition) is 0. The Morgan fingerprint density at radius 3 is 2.94 bits per heavy atom. The van der Waals surface area contributed by atoms with Gasteiger partial charge in [0, 0.05) is 42.8 Å². The zero-order valence-corrected chi connectivity index (χ0v) is 17.5. The van der Waals surface area contributed by atoms with Crippen LogP contribution in [0.4, 0.5) is 0 Å². The molecular weight excluding hydrogens is 412 g/mol. The summed E-state index contributed by atoms with van der Waals surface area (Å²) >= 11 is 1.50. The molecule has 5 rings (SSSR count). The highest BCUT2D eigenvalue weighted by Gasteiger charge is 2.27. The van der Waals surface area contributed by atoms with Gasteiger partial charge < -0.3 is 9.42 Å². The first-order valence-electron chi connectivity index (χ1n) is 10.2. The molecule has 1 aliphatic heterocycles. The Bertz CT molecular complexity index is 1160. The van der Waals surface area contributed by atoms with Crippen LogP contribution in [0.5, 0.6) is 0 Å². The van der Waals surface area contributed by atoms with Crippen LogP contribution >= 0.6 is 11.3 Å². The predicted molar refractivity (Wildman–Crippen MR) is 115 cm³/mol. The van der Waals surface area contributed by atoms with Gasteiger partial charge in [0.25, 0.3) is 5.91 Å². The van der Waals surface area contributed by atoms with E-state index in [1.54, 1.807) is 18.6 Å². The maximum atomic E-state index is 13.0. The van der Waals surface area contributed by atoms with Crippen LogP contribution in [0.25, 0.3) is 22.1 Å². The molecule has 1 aromatic carbocycles. The minimum atomic E-state index is -0.0195. The Morgan fingerprint density at radius 1 is 1.19 bits per heavy atom. The number of piperidine rings is 1. The van der Waals surface area contributed by atoms with Crippen LogP contribution < -0.4 is 0 Å². The van der Waals surface area contributed by atoms with E-state index in [0.29, 0.717) is 36.1 Å². The molecular formula is C22H20N6O2S. The third-order valence-electron chi connectivity index (χ3n) is 5.27. The molecule has 1 amide bonds. The van der Waals surface area contributed by atoms with Gasteiger partial charge in [-0.1, -0.05) is 35.5 Å². The molecule has 0 bridgehead atoms. The lowest BCUT2D eigenvalue weighted by atomic mass is 9.94. The lowest BCUT2D eigenvalue weighted by molar-refractivity contribution is 0.0663. The predicted octanol–water partition coefficient (Wildman–Crippen LogP) is 3.75. The molecule has 0 unspecified atom stereocenters. The van der Waals surface area contributed by atoms with E-state index in [1.807, 2.05) is 40.6 Å². The fraction of sp³-hybridized carbons (Fsp3) is 0.273. The number of carbonyl (C=O) groups excluding carboxylic acids is 1. The average molecular weight is 433 g/mol. The SMILES string of the molecule is O=C(c1csc(-c2ccccc2)n1)N1CCC[C@@H](Cc2nc(-c3cnccn3)no2)C1. The molecule has 1 saturated heterocycles. The van der Waals surface area contributed by atoms with Gasteiger partial charge in [0.1, 0.15) is 16.4 Å². The molecule has 156 valence electrons. The summed E-state index contributed by atoms with van der Waals surface area (Å²) in [4.78, 5) is 32.2. The monoisotopic (exact) mass is 432 g/mol. The van der Waals surface area contributed by atoms with Crippen molar-refractivity contribution < 1.29 is 9.32 Å². The van der Waals surface area contributed by atoms with Gasteiger partial charge in [-0.3, -0.25) is 9.78 Å². The maximum absolute atomic E-state index is 13.0. The van der Waals surface area contributed by atoms with E-state index in [4.69, 9.17) is 4.52 Å². The lowest BCUT2D eigenvalue weighted by Gasteiger charge is -2.31. The van der Waals surface area contributed by atoms with Crippen LogP contribution in [0.2, 0.25) is 0 Å². The molecule has 1 atom stereocenters. The van der Waals surface area contributed by atoms with Crippen LogP contribution in [0.1, 0.15) is 29.2 Å². The van der Waals surface area contributed by atoms with Crippen molar-refractivity contribution in [2.75, 3.05) is 13.1 Å². The Balaban J connectivity index is 1.24. The third kappa shape index (κ3) is 4.36. The first-order valence-corrected chi connectivity index (χ1v) is 11.0. The second-order valence-corrected chi connectivity index (χ2v) is 8.33. The van der Waals surface area contributed by atoms with Gasteiger partial charge in [-0.05, 0) is 18.8 Å². The maximum Gasteiger partial charge on any atom is 0.273 e. The highest BCUT2D eigenvalue weighted by Crippen LogP contribution is 2.26. The highest BCUT2D eigenvalue weighted by atomic mass is 32.1. The van der Waals surface area contributed by atoms with Crippen molar-refractivity contribution in [2.24, 2.45) is 5.92 Å². The first kappa shape index (κ1) is 19.5. The van der Waals surface area contributed by atoms with Gasteiger partial charge in [0.15, 0.2) is 0 Å². The number of hydrogen-bond acceptors (Lipinski definition) is 8. The summed E-state index contributed by atoms with van der Waals surface area (Å²) in [6, 6.07) is 9.92. The highest BCUT2D eigenvalue weighted by molar-refractivity contribution is 7.13. The van der Waals surface area contributed by atoms with Crippen molar-refractivity contribution >= 4 is 17.2 Å².